The minimum atomic E-state index is -3.80. The number of ether oxygens (including phenoxy) is 1. The van der Waals surface area contributed by atoms with Gasteiger partial charge in [0, 0.05) is 38.2 Å². The van der Waals surface area contributed by atoms with Crippen LogP contribution in [0, 0.1) is 0 Å². The Morgan fingerprint density at radius 3 is 2.27 bits per heavy atom. The number of nitrogens with zero attached hydrogens (tertiary/aromatic N) is 5. The molecule has 0 bridgehead atoms. The first kappa shape index (κ1) is 19.1. The van der Waals surface area contributed by atoms with Crippen LogP contribution in [-0.2, 0) is 23.1 Å². The van der Waals surface area contributed by atoms with Gasteiger partial charge in [-0.25, -0.2) is 13.4 Å². The van der Waals surface area contributed by atoms with Gasteiger partial charge in [-0.05, 0) is 36.4 Å². The summed E-state index contributed by atoms with van der Waals surface area (Å²) in [5, 5.41) is 0. The molecular weight excluding hydrogens is 402 g/mol. The van der Waals surface area contributed by atoms with Gasteiger partial charge in [-0.1, -0.05) is 12.1 Å². The highest BCUT2D eigenvalue weighted by Crippen LogP contribution is 2.35. The van der Waals surface area contributed by atoms with Crippen LogP contribution in [0.5, 0.6) is 5.88 Å². The van der Waals surface area contributed by atoms with Gasteiger partial charge in [-0.2, -0.15) is 4.31 Å². The second kappa shape index (κ2) is 7.75. The summed E-state index contributed by atoms with van der Waals surface area (Å²) in [5.74, 6) is 0.163. The van der Waals surface area contributed by atoms with Crippen LogP contribution in [0.15, 0.2) is 72.0 Å². The van der Waals surface area contributed by atoms with Crippen molar-refractivity contribution in [3.8, 4) is 5.88 Å². The van der Waals surface area contributed by atoms with Crippen LogP contribution < -0.4 is 4.74 Å². The molecule has 154 valence electrons. The fourth-order valence-corrected chi connectivity index (χ4v) is 5.72. The summed E-state index contributed by atoms with van der Waals surface area (Å²) in [4.78, 5) is 15.2. The molecule has 8 nitrogen and oxygen atoms in total. The Morgan fingerprint density at radius 1 is 0.867 bits per heavy atom. The van der Waals surface area contributed by atoms with Gasteiger partial charge >= 0.3 is 0 Å². The van der Waals surface area contributed by atoms with Gasteiger partial charge in [0.2, 0.25) is 15.9 Å². The van der Waals surface area contributed by atoms with Crippen LogP contribution in [0.4, 0.5) is 0 Å². The number of fused-ring (bicyclic) bond motifs is 2. The lowest BCUT2D eigenvalue weighted by atomic mass is 10.2. The highest BCUT2D eigenvalue weighted by molar-refractivity contribution is 7.89. The molecule has 5 rings (SSSR count). The van der Waals surface area contributed by atoms with Crippen molar-refractivity contribution in [2.75, 3.05) is 13.1 Å². The van der Waals surface area contributed by atoms with E-state index in [0.29, 0.717) is 25.3 Å². The Kier molecular flexibility index (Phi) is 4.93. The number of aromatic nitrogens is 3. The first-order valence-electron chi connectivity index (χ1n) is 9.77. The molecule has 1 fully saturated rings. The second-order valence-electron chi connectivity index (χ2n) is 7.42. The van der Waals surface area contributed by atoms with E-state index in [1.54, 1.807) is 30.7 Å². The van der Waals surface area contributed by atoms with Gasteiger partial charge in [0.05, 0.1) is 24.0 Å². The third-order valence-electron chi connectivity index (χ3n) is 5.42. The lowest BCUT2D eigenvalue weighted by Crippen LogP contribution is -2.46. The number of likely N-dealkylation sites (tertiary alicyclic amines) is 1. The highest BCUT2D eigenvalue weighted by atomic mass is 32.2. The van der Waals surface area contributed by atoms with Gasteiger partial charge in [0.25, 0.3) is 0 Å². The Bertz CT molecular complexity index is 1130. The Labute approximate surface area is 175 Å². The predicted molar refractivity (Wildman–Crippen MR) is 109 cm³/mol. The number of pyridine rings is 3. The molecular formula is C21H21N5O3S. The summed E-state index contributed by atoms with van der Waals surface area (Å²) in [6.07, 6.45) is 4.66. The molecule has 2 aliphatic rings. The summed E-state index contributed by atoms with van der Waals surface area (Å²) in [7, 11) is -3.80. The molecule has 0 spiro atoms. The molecule has 0 radical (unpaired) electrons. The SMILES string of the molecule is O=S1(=O)c2cccnc2O[C@@H]2CN(Cc3ccccn3)C[C@@H]2N1Cc1ccccn1. The summed E-state index contributed by atoms with van der Waals surface area (Å²) in [5.41, 5.74) is 1.63. The second-order valence-corrected chi connectivity index (χ2v) is 9.28. The Balaban J connectivity index is 1.51. The molecule has 0 aromatic carbocycles. The number of hydrogen-bond acceptors (Lipinski definition) is 7. The van der Waals surface area contributed by atoms with Crippen LogP contribution in [0.25, 0.3) is 0 Å². The minimum absolute atomic E-state index is 0.103. The van der Waals surface area contributed by atoms with E-state index < -0.39 is 10.0 Å². The maximum atomic E-state index is 13.6. The van der Waals surface area contributed by atoms with E-state index >= 15 is 0 Å². The number of hydrogen-bond donors (Lipinski definition) is 0. The Hall–Kier alpha value is -2.88. The van der Waals surface area contributed by atoms with E-state index in [1.807, 2.05) is 36.4 Å². The molecule has 30 heavy (non-hydrogen) atoms. The van der Waals surface area contributed by atoms with Crippen molar-refractivity contribution in [1.82, 2.24) is 24.2 Å². The van der Waals surface area contributed by atoms with Gasteiger partial charge in [-0.15, -0.1) is 0 Å². The third kappa shape index (κ3) is 3.55. The maximum absolute atomic E-state index is 13.6. The highest BCUT2D eigenvalue weighted by Gasteiger charge is 2.47. The first-order chi connectivity index (χ1) is 14.6. The topological polar surface area (TPSA) is 88.5 Å². The largest absolute Gasteiger partial charge is 0.470 e. The van der Waals surface area contributed by atoms with Crippen molar-refractivity contribution in [2.24, 2.45) is 0 Å². The molecule has 0 N–H and O–H groups in total. The molecule has 2 aliphatic heterocycles. The summed E-state index contributed by atoms with van der Waals surface area (Å²) in [6, 6.07) is 14.1. The van der Waals surface area contributed by atoms with Crippen LogP contribution in [0.2, 0.25) is 0 Å². The lowest BCUT2D eigenvalue weighted by molar-refractivity contribution is 0.143. The van der Waals surface area contributed by atoms with E-state index in [1.165, 1.54) is 4.31 Å². The van der Waals surface area contributed by atoms with Crippen molar-refractivity contribution in [3.05, 3.63) is 78.5 Å². The van der Waals surface area contributed by atoms with Crippen molar-refractivity contribution < 1.29 is 13.2 Å². The molecule has 5 heterocycles. The average Bonchev–Trinajstić information content (AvgIpc) is 3.11. The van der Waals surface area contributed by atoms with Crippen molar-refractivity contribution >= 4 is 10.0 Å². The first-order valence-corrected chi connectivity index (χ1v) is 11.2. The molecule has 3 aromatic heterocycles. The minimum Gasteiger partial charge on any atom is -0.470 e. The number of sulfonamides is 1. The predicted octanol–water partition coefficient (Wildman–Crippen LogP) is 1.71. The number of rotatable bonds is 4. The van der Waals surface area contributed by atoms with E-state index in [0.717, 1.165) is 5.69 Å². The zero-order valence-electron chi connectivity index (χ0n) is 16.2. The summed E-state index contributed by atoms with van der Waals surface area (Å²) in [6.45, 7) is 1.94. The quantitative estimate of drug-likeness (QED) is 0.631. The standard InChI is InChI=1S/C21H21N5O3S/c27-30(28)20-8-5-11-24-21(20)29-19-15-25(12-16-6-1-3-9-22-16)14-18(19)26(30)13-17-7-2-4-10-23-17/h1-11,18-19H,12-15H2/t18-,19+/m0/s1. The zero-order valence-corrected chi connectivity index (χ0v) is 17.0. The van der Waals surface area contributed by atoms with Crippen LogP contribution in [0.3, 0.4) is 0 Å². The lowest BCUT2D eigenvalue weighted by Gasteiger charge is -2.27. The van der Waals surface area contributed by atoms with Crippen molar-refractivity contribution in [2.45, 2.75) is 30.1 Å². The van der Waals surface area contributed by atoms with Crippen molar-refractivity contribution in [1.29, 1.82) is 0 Å². The summed E-state index contributed by atoms with van der Waals surface area (Å²) < 4.78 is 34.8. The molecule has 0 saturated carbocycles. The van der Waals surface area contributed by atoms with E-state index in [4.69, 9.17) is 4.74 Å². The zero-order chi connectivity index (χ0) is 20.6. The smallest absolute Gasteiger partial charge is 0.249 e. The van der Waals surface area contributed by atoms with Gasteiger partial charge < -0.3 is 4.74 Å². The fraction of sp³-hybridized carbons (Fsp3) is 0.286. The van der Waals surface area contributed by atoms with Crippen LogP contribution in [0.1, 0.15) is 11.4 Å². The fourth-order valence-electron chi connectivity index (χ4n) is 4.04. The van der Waals surface area contributed by atoms with Gasteiger partial charge in [0.1, 0.15) is 11.0 Å². The van der Waals surface area contributed by atoms with Gasteiger partial charge in [-0.3, -0.25) is 14.9 Å². The Morgan fingerprint density at radius 2 is 1.57 bits per heavy atom. The van der Waals surface area contributed by atoms with E-state index in [-0.39, 0.29) is 29.5 Å². The van der Waals surface area contributed by atoms with Crippen LogP contribution in [-0.4, -0.2) is 57.8 Å². The monoisotopic (exact) mass is 423 g/mol. The van der Waals surface area contributed by atoms with Gasteiger partial charge in [0.15, 0.2) is 0 Å². The third-order valence-corrected chi connectivity index (χ3v) is 7.31. The molecule has 1 saturated heterocycles. The van der Waals surface area contributed by atoms with Crippen LogP contribution >= 0.6 is 0 Å². The molecule has 0 aliphatic carbocycles. The maximum Gasteiger partial charge on any atom is 0.249 e. The van der Waals surface area contributed by atoms with E-state index in [2.05, 4.69) is 19.9 Å². The average molecular weight is 423 g/mol. The summed E-state index contributed by atoms with van der Waals surface area (Å²) >= 11 is 0. The molecule has 0 unspecified atom stereocenters. The molecule has 2 atom stereocenters. The van der Waals surface area contributed by atoms with Crippen molar-refractivity contribution in [3.63, 3.8) is 0 Å². The molecule has 9 heteroatoms. The molecule has 3 aromatic rings. The normalized spacial score (nSPS) is 23.2. The van der Waals surface area contributed by atoms with E-state index in [9.17, 15) is 8.42 Å². The molecule has 0 amide bonds.